The molecule has 5 rings (SSSR count). The van der Waals surface area contributed by atoms with Crippen LogP contribution in [0.3, 0.4) is 0 Å². The summed E-state index contributed by atoms with van der Waals surface area (Å²) in [6.45, 7) is 3.25. The number of benzene rings is 1. The Morgan fingerprint density at radius 1 is 1.11 bits per heavy atom. The molecular formula is C22H20N4S. The van der Waals surface area contributed by atoms with Gasteiger partial charge in [-0.15, -0.1) is 11.3 Å². The molecule has 4 nitrogen and oxygen atoms in total. The van der Waals surface area contributed by atoms with Crippen LogP contribution >= 0.6 is 11.3 Å². The largest absolute Gasteiger partial charge is 0.349 e. The summed E-state index contributed by atoms with van der Waals surface area (Å²) in [7, 11) is 0. The van der Waals surface area contributed by atoms with Crippen molar-refractivity contribution in [2.45, 2.75) is 25.8 Å². The smallest absolute Gasteiger partial charge is 0.163 e. The first-order chi connectivity index (χ1) is 13.3. The molecule has 4 aromatic rings. The molecule has 0 spiro atoms. The van der Waals surface area contributed by atoms with Gasteiger partial charge >= 0.3 is 0 Å². The van der Waals surface area contributed by atoms with Crippen molar-refractivity contribution in [3.05, 3.63) is 70.7 Å². The lowest BCUT2D eigenvalue weighted by atomic mass is 9.97. The summed E-state index contributed by atoms with van der Waals surface area (Å²) in [5.41, 5.74) is 3.39. The molecule has 0 amide bonds. The Hall–Kier alpha value is -2.79. The van der Waals surface area contributed by atoms with Crippen molar-refractivity contribution in [2.75, 3.05) is 11.4 Å². The van der Waals surface area contributed by atoms with E-state index < -0.39 is 0 Å². The van der Waals surface area contributed by atoms with Crippen LogP contribution in [0.5, 0.6) is 0 Å². The normalized spacial score (nSPS) is 16.5. The van der Waals surface area contributed by atoms with Gasteiger partial charge in [0.1, 0.15) is 5.82 Å². The van der Waals surface area contributed by atoms with Crippen LogP contribution in [-0.2, 0) is 6.42 Å². The van der Waals surface area contributed by atoms with Gasteiger partial charge in [0.2, 0.25) is 0 Å². The number of rotatable bonds is 3. The van der Waals surface area contributed by atoms with Crippen molar-refractivity contribution in [2.24, 2.45) is 0 Å². The van der Waals surface area contributed by atoms with Crippen LogP contribution < -0.4 is 4.90 Å². The number of pyridine rings is 1. The summed E-state index contributed by atoms with van der Waals surface area (Å²) in [5.74, 6) is 1.77. The molecule has 1 aromatic carbocycles. The Morgan fingerprint density at radius 2 is 2.04 bits per heavy atom. The van der Waals surface area contributed by atoms with E-state index in [2.05, 4.69) is 46.5 Å². The zero-order chi connectivity index (χ0) is 18.2. The number of anilines is 1. The van der Waals surface area contributed by atoms with Crippen LogP contribution in [-0.4, -0.2) is 21.5 Å². The fourth-order valence-corrected chi connectivity index (χ4v) is 4.92. The predicted octanol–water partition coefficient (Wildman–Crippen LogP) is 5.27. The molecule has 1 atom stereocenters. The molecule has 27 heavy (non-hydrogen) atoms. The summed E-state index contributed by atoms with van der Waals surface area (Å²) < 4.78 is 0. The Balaban J connectivity index is 1.70. The zero-order valence-electron chi connectivity index (χ0n) is 15.2. The summed E-state index contributed by atoms with van der Waals surface area (Å²) in [5, 5.41) is 3.33. The molecule has 1 aliphatic rings. The third-order valence-electron chi connectivity index (χ3n) is 5.26. The maximum Gasteiger partial charge on any atom is 0.163 e. The number of fused-ring (bicyclic) bond motifs is 2. The van der Waals surface area contributed by atoms with Gasteiger partial charge < -0.3 is 4.90 Å². The Labute approximate surface area is 162 Å². The van der Waals surface area contributed by atoms with Crippen molar-refractivity contribution in [3.63, 3.8) is 0 Å². The molecule has 0 N–H and O–H groups in total. The number of nitrogens with zero attached hydrogens (tertiary/aromatic N) is 4. The van der Waals surface area contributed by atoms with E-state index in [0.29, 0.717) is 6.04 Å². The second kappa shape index (κ2) is 6.74. The molecule has 0 saturated carbocycles. The van der Waals surface area contributed by atoms with Crippen LogP contribution in [0, 0.1) is 0 Å². The maximum atomic E-state index is 5.03. The fourth-order valence-electron chi connectivity index (χ4n) is 3.99. The molecular weight excluding hydrogens is 352 g/mol. The molecule has 134 valence electrons. The molecule has 0 aliphatic carbocycles. The highest BCUT2D eigenvalue weighted by molar-refractivity contribution is 7.10. The maximum absolute atomic E-state index is 5.03. The van der Waals surface area contributed by atoms with Gasteiger partial charge in [-0.05, 0) is 54.1 Å². The fraction of sp³-hybridized carbons (Fsp3) is 0.227. The number of para-hydroxylation sites is 1. The summed E-state index contributed by atoms with van der Waals surface area (Å²) in [6, 6.07) is 14.9. The van der Waals surface area contributed by atoms with Crippen molar-refractivity contribution in [1.82, 2.24) is 15.0 Å². The molecule has 0 unspecified atom stereocenters. The van der Waals surface area contributed by atoms with Crippen molar-refractivity contribution in [1.29, 1.82) is 0 Å². The second-order valence-corrected chi connectivity index (χ2v) is 7.80. The highest BCUT2D eigenvalue weighted by Crippen LogP contribution is 2.40. The van der Waals surface area contributed by atoms with E-state index in [1.807, 2.05) is 35.7 Å². The quantitative estimate of drug-likeness (QED) is 0.491. The first-order valence-electron chi connectivity index (χ1n) is 9.35. The second-order valence-electron chi connectivity index (χ2n) is 6.80. The van der Waals surface area contributed by atoms with Crippen molar-refractivity contribution >= 4 is 28.1 Å². The van der Waals surface area contributed by atoms with Gasteiger partial charge in [0.15, 0.2) is 5.82 Å². The number of hydrogen-bond donors (Lipinski definition) is 0. The number of hydrogen-bond acceptors (Lipinski definition) is 5. The molecule has 0 saturated heterocycles. The lowest BCUT2D eigenvalue weighted by Gasteiger charge is -2.37. The van der Waals surface area contributed by atoms with E-state index in [1.54, 1.807) is 6.20 Å². The molecule has 3 aromatic heterocycles. The standard InChI is InChI=1S/C22H20N4S/c1-2-19-17-10-13-27-20(17)9-12-26(19)22-16-7-3-4-8-18(16)24-21(25-22)15-6-5-11-23-14-15/h3-8,10-11,13-14,19H,2,9,12H2,1H3/t19-/m1/s1. The number of aromatic nitrogens is 3. The van der Waals surface area contributed by atoms with Gasteiger partial charge in [-0.3, -0.25) is 4.98 Å². The minimum absolute atomic E-state index is 0.361. The third-order valence-corrected chi connectivity index (χ3v) is 6.25. The SMILES string of the molecule is CC[C@@H]1c2ccsc2CCN1c1nc(-c2cccnc2)nc2ccccc12. The Bertz CT molecular complexity index is 1090. The minimum Gasteiger partial charge on any atom is -0.349 e. The first kappa shape index (κ1) is 16.4. The van der Waals surface area contributed by atoms with Gasteiger partial charge in [0, 0.05) is 34.8 Å². The average molecular weight is 372 g/mol. The lowest BCUT2D eigenvalue weighted by molar-refractivity contribution is 0.569. The van der Waals surface area contributed by atoms with Gasteiger partial charge in [-0.25, -0.2) is 9.97 Å². The van der Waals surface area contributed by atoms with Gasteiger partial charge in [0.25, 0.3) is 0 Å². The molecule has 1 aliphatic heterocycles. The zero-order valence-corrected chi connectivity index (χ0v) is 16.0. The third kappa shape index (κ3) is 2.79. The highest BCUT2D eigenvalue weighted by Gasteiger charge is 2.29. The van der Waals surface area contributed by atoms with Crippen molar-refractivity contribution < 1.29 is 0 Å². The Morgan fingerprint density at radius 3 is 2.89 bits per heavy atom. The lowest BCUT2D eigenvalue weighted by Crippen LogP contribution is -2.35. The molecule has 0 fully saturated rings. The van der Waals surface area contributed by atoms with E-state index in [-0.39, 0.29) is 0 Å². The summed E-state index contributed by atoms with van der Waals surface area (Å²) in [4.78, 5) is 18.1. The van der Waals surface area contributed by atoms with E-state index in [4.69, 9.17) is 9.97 Å². The van der Waals surface area contributed by atoms with Gasteiger partial charge in [-0.2, -0.15) is 0 Å². The van der Waals surface area contributed by atoms with Gasteiger partial charge in [0.05, 0.1) is 11.6 Å². The highest BCUT2D eigenvalue weighted by atomic mass is 32.1. The molecule has 0 bridgehead atoms. The van der Waals surface area contributed by atoms with Crippen LogP contribution in [0.15, 0.2) is 60.2 Å². The Kier molecular flexibility index (Phi) is 4.09. The molecule has 4 heterocycles. The van der Waals surface area contributed by atoms with E-state index in [1.165, 1.54) is 10.4 Å². The van der Waals surface area contributed by atoms with Crippen LogP contribution in [0.25, 0.3) is 22.3 Å². The molecule has 5 heteroatoms. The van der Waals surface area contributed by atoms with Crippen LogP contribution in [0.1, 0.15) is 29.8 Å². The van der Waals surface area contributed by atoms with E-state index in [9.17, 15) is 0 Å². The summed E-state index contributed by atoms with van der Waals surface area (Å²) >= 11 is 1.88. The predicted molar refractivity (Wildman–Crippen MR) is 111 cm³/mol. The summed E-state index contributed by atoms with van der Waals surface area (Å²) in [6.07, 6.45) is 5.74. The first-order valence-corrected chi connectivity index (χ1v) is 10.2. The molecule has 0 radical (unpaired) electrons. The van der Waals surface area contributed by atoms with Crippen LogP contribution in [0.4, 0.5) is 5.82 Å². The minimum atomic E-state index is 0.361. The monoisotopic (exact) mass is 372 g/mol. The van der Waals surface area contributed by atoms with Crippen LogP contribution in [0.2, 0.25) is 0 Å². The topological polar surface area (TPSA) is 41.9 Å². The van der Waals surface area contributed by atoms with Gasteiger partial charge in [-0.1, -0.05) is 19.1 Å². The van der Waals surface area contributed by atoms with Crippen molar-refractivity contribution in [3.8, 4) is 11.4 Å². The van der Waals surface area contributed by atoms with E-state index >= 15 is 0 Å². The number of thiophene rings is 1. The van der Waals surface area contributed by atoms with E-state index in [0.717, 1.165) is 47.5 Å². The average Bonchev–Trinajstić information content (AvgIpc) is 3.22.